The number of para-hydroxylation sites is 1. The zero-order chi connectivity index (χ0) is 21.0. The number of ketones is 2. The van der Waals surface area contributed by atoms with E-state index in [9.17, 15) is 14.4 Å². The summed E-state index contributed by atoms with van der Waals surface area (Å²) in [5.41, 5.74) is 2.28. The molecule has 0 saturated heterocycles. The van der Waals surface area contributed by atoms with E-state index in [4.69, 9.17) is 9.47 Å². The highest BCUT2D eigenvalue weighted by molar-refractivity contribution is 6.04. The van der Waals surface area contributed by atoms with Gasteiger partial charge in [0.25, 0.3) is 0 Å². The van der Waals surface area contributed by atoms with E-state index in [1.165, 1.54) is 6.92 Å². The summed E-state index contributed by atoms with van der Waals surface area (Å²) in [6.07, 6.45) is 0. The van der Waals surface area contributed by atoms with Gasteiger partial charge in [-0.25, -0.2) is 4.79 Å². The zero-order valence-electron chi connectivity index (χ0n) is 16.4. The lowest BCUT2D eigenvalue weighted by Crippen LogP contribution is -2.15. The SMILES string of the molecule is CC(=O)c1c(C)[nH]c(C(=O)COC(=O)c2ccc(Oc3ccccc3)cc2)c1C. The first-order chi connectivity index (χ1) is 13.9. The van der Waals surface area contributed by atoms with E-state index in [0.717, 1.165) is 0 Å². The normalized spacial score (nSPS) is 10.4. The molecule has 0 aliphatic carbocycles. The maximum Gasteiger partial charge on any atom is 0.338 e. The lowest BCUT2D eigenvalue weighted by molar-refractivity contribution is 0.0473. The fourth-order valence-corrected chi connectivity index (χ4v) is 3.13. The van der Waals surface area contributed by atoms with Crippen molar-refractivity contribution >= 4 is 17.5 Å². The van der Waals surface area contributed by atoms with Crippen LogP contribution >= 0.6 is 0 Å². The Labute approximate surface area is 168 Å². The molecule has 0 radical (unpaired) electrons. The Balaban J connectivity index is 1.61. The molecule has 148 valence electrons. The summed E-state index contributed by atoms with van der Waals surface area (Å²) >= 11 is 0. The second kappa shape index (κ2) is 8.56. The molecule has 0 spiro atoms. The van der Waals surface area contributed by atoms with E-state index in [1.54, 1.807) is 38.1 Å². The summed E-state index contributed by atoms with van der Waals surface area (Å²) in [6, 6.07) is 15.7. The number of rotatable bonds is 7. The van der Waals surface area contributed by atoms with Gasteiger partial charge >= 0.3 is 5.97 Å². The van der Waals surface area contributed by atoms with Crippen LogP contribution in [0.15, 0.2) is 54.6 Å². The van der Waals surface area contributed by atoms with Gasteiger partial charge in [0.05, 0.1) is 11.3 Å². The Morgan fingerprint density at radius 1 is 0.897 bits per heavy atom. The Bertz CT molecular complexity index is 1050. The molecule has 6 heteroatoms. The van der Waals surface area contributed by atoms with Gasteiger partial charge in [0.2, 0.25) is 5.78 Å². The highest BCUT2D eigenvalue weighted by Gasteiger charge is 2.21. The number of carbonyl (C=O) groups excluding carboxylic acids is 3. The Morgan fingerprint density at radius 2 is 1.52 bits per heavy atom. The average Bonchev–Trinajstić information content (AvgIpc) is 3.01. The molecule has 0 amide bonds. The molecular formula is C23H21NO5. The second-order valence-corrected chi connectivity index (χ2v) is 6.62. The first-order valence-corrected chi connectivity index (χ1v) is 9.10. The Kier molecular flexibility index (Phi) is 5.93. The zero-order valence-corrected chi connectivity index (χ0v) is 16.4. The number of esters is 1. The van der Waals surface area contributed by atoms with Crippen molar-refractivity contribution in [2.24, 2.45) is 0 Å². The molecule has 1 N–H and O–H groups in total. The van der Waals surface area contributed by atoms with Crippen LogP contribution in [-0.4, -0.2) is 29.1 Å². The molecule has 0 unspecified atom stereocenters. The van der Waals surface area contributed by atoms with E-state index in [2.05, 4.69) is 4.98 Å². The predicted molar refractivity (Wildman–Crippen MR) is 108 cm³/mol. The third-order valence-electron chi connectivity index (χ3n) is 4.47. The average molecular weight is 391 g/mol. The van der Waals surface area contributed by atoms with E-state index in [-0.39, 0.29) is 11.5 Å². The van der Waals surface area contributed by atoms with Crippen LogP contribution in [0.25, 0.3) is 0 Å². The molecule has 2 aromatic carbocycles. The van der Waals surface area contributed by atoms with Crippen molar-refractivity contribution in [3.63, 3.8) is 0 Å². The number of carbonyl (C=O) groups is 3. The molecule has 0 aliphatic heterocycles. The van der Waals surface area contributed by atoms with Gasteiger partial charge in [0, 0.05) is 11.3 Å². The van der Waals surface area contributed by atoms with Gasteiger partial charge in [-0.3, -0.25) is 9.59 Å². The van der Waals surface area contributed by atoms with Gasteiger partial charge in [0.1, 0.15) is 11.5 Å². The third kappa shape index (κ3) is 4.60. The molecule has 1 heterocycles. The van der Waals surface area contributed by atoms with Crippen molar-refractivity contribution in [2.75, 3.05) is 6.61 Å². The molecule has 0 saturated carbocycles. The molecule has 6 nitrogen and oxygen atoms in total. The minimum Gasteiger partial charge on any atom is -0.457 e. The number of benzene rings is 2. The third-order valence-corrected chi connectivity index (χ3v) is 4.47. The minimum atomic E-state index is -0.614. The fourth-order valence-electron chi connectivity index (χ4n) is 3.13. The van der Waals surface area contributed by atoms with Crippen LogP contribution in [0.5, 0.6) is 11.5 Å². The smallest absolute Gasteiger partial charge is 0.338 e. The first kappa shape index (κ1) is 20.1. The summed E-state index contributed by atoms with van der Waals surface area (Å²) < 4.78 is 10.8. The maximum atomic E-state index is 12.4. The van der Waals surface area contributed by atoms with Gasteiger partial charge in [-0.15, -0.1) is 0 Å². The standard InChI is InChI=1S/C23H21NO5/c1-14-21(16(3)25)15(2)24-22(14)20(26)13-28-23(27)17-9-11-19(12-10-17)29-18-7-5-4-6-8-18/h4-12,24H,13H2,1-3H3. The van der Waals surface area contributed by atoms with Crippen LogP contribution in [0.1, 0.15) is 49.4 Å². The number of ether oxygens (including phenoxy) is 2. The number of Topliss-reactive ketones (excluding diaryl/α,β-unsaturated/α-hetero) is 2. The first-order valence-electron chi connectivity index (χ1n) is 9.10. The second-order valence-electron chi connectivity index (χ2n) is 6.62. The summed E-state index contributed by atoms with van der Waals surface area (Å²) in [5, 5.41) is 0. The van der Waals surface area contributed by atoms with Gasteiger partial charge in [-0.05, 0) is 62.7 Å². The van der Waals surface area contributed by atoms with Crippen LogP contribution < -0.4 is 4.74 Å². The molecule has 0 fully saturated rings. The van der Waals surface area contributed by atoms with Crippen molar-refractivity contribution in [3.8, 4) is 11.5 Å². The lowest BCUT2D eigenvalue weighted by Gasteiger charge is -2.07. The van der Waals surface area contributed by atoms with E-state index >= 15 is 0 Å². The molecule has 0 bridgehead atoms. The number of aromatic amines is 1. The number of aromatic nitrogens is 1. The molecule has 29 heavy (non-hydrogen) atoms. The van der Waals surface area contributed by atoms with Gasteiger partial charge in [0.15, 0.2) is 12.4 Å². The van der Waals surface area contributed by atoms with Gasteiger partial charge in [-0.1, -0.05) is 18.2 Å². The van der Waals surface area contributed by atoms with Crippen LogP contribution in [-0.2, 0) is 4.74 Å². The number of hydrogen-bond acceptors (Lipinski definition) is 5. The van der Waals surface area contributed by atoms with Crippen LogP contribution in [0.2, 0.25) is 0 Å². The highest BCUT2D eigenvalue weighted by atomic mass is 16.5. The molecular weight excluding hydrogens is 370 g/mol. The maximum absolute atomic E-state index is 12.4. The number of H-pyrrole nitrogens is 1. The number of aryl methyl sites for hydroxylation is 1. The van der Waals surface area contributed by atoms with Crippen molar-refractivity contribution in [3.05, 3.63) is 82.7 Å². The van der Waals surface area contributed by atoms with Crippen molar-refractivity contribution in [1.82, 2.24) is 4.98 Å². The highest BCUT2D eigenvalue weighted by Crippen LogP contribution is 2.22. The molecule has 0 atom stereocenters. The summed E-state index contributed by atoms with van der Waals surface area (Å²) in [7, 11) is 0. The van der Waals surface area contributed by atoms with Crippen LogP contribution in [0.3, 0.4) is 0 Å². The Morgan fingerprint density at radius 3 is 2.10 bits per heavy atom. The summed E-state index contributed by atoms with van der Waals surface area (Å²) in [5.74, 6) is 0.144. The largest absolute Gasteiger partial charge is 0.457 e. The van der Waals surface area contributed by atoms with E-state index < -0.39 is 18.4 Å². The van der Waals surface area contributed by atoms with E-state index in [1.807, 2.05) is 30.3 Å². The molecule has 3 rings (SSSR count). The van der Waals surface area contributed by atoms with Gasteiger partial charge < -0.3 is 14.5 Å². The number of hydrogen-bond donors (Lipinski definition) is 1. The van der Waals surface area contributed by atoms with Crippen molar-refractivity contribution in [1.29, 1.82) is 0 Å². The Hall–Kier alpha value is -3.67. The minimum absolute atomic E-state index is 0.120. The monoisotopic (exact) mass is 391 g/mol. The summed E-state index contributed by atoms with van der Waals surface area (Å²) in [4.78, 5) is 39.2. The molecule has 3 aromatic rings. The van der Waals surface area contributed by atoms with Crippen molar-refractivity contribution < 1.29 is 23.9 Å². The fraction of sp³-hybridized carbons (Fsp3) is 0.174. The van der Waals surface area contributed by atoms with Crippen molar-refractivity contribution in [2.45, 2.75) is 20.8 Å². The number of nitrogens with one attached hydrogen (secondary N) is 1. The molecule has 1 aromatic heterocycles. The van der Waals surface area contributed by atoms with Gasteiger partial charge in [-0.2, -0.15) is 0 Å². The van der Waals surface area contributed by atoms with Crippen LogP contribution in [0.4, 0.5) is 0 Å². The quantitative estimate of drug-likeness (QED) is 0.467. The lowest BCUT2D eigenvalue weighted by atomic mass is 10.1. The summed E-state index contributed by atoms with van der Waals surface area (Å²) in [6.45, 7) is 4.45. The predicted octanol–water partition coefficient (Wildman–Crippen LogP) is 4.67. The molecule has 0 aliphatic rings. The topological polar surface area (TPSA) is 85.5 Å². The van der Waals surface area contributed by atoms with E-state index in [0.29, 0.717) is 33.9 Å². The van der Waals surface area contributed by atoms with Crippen LogP contribution in [0, 0.1) is 13.8 Å².